The highest BCUT2D eigenvalue weighted by Crippen LogP contribution is 2.29. The second-order valence-electron chi connectivity index (χ2n) is 16.8. The van der Waals surface area contributed by atoms with Crippen LogP contribution >= 0.6 is 0 Å². The zero-order chi connectivity index (χ0) is 38.8. The van der Waals surface area contributed by atoms with Gasteiger partial charge in [0.2, 0.25) is 0 Å². The second-order valence-corrected chi connectivity index (χ2v) is 19.0. The van der Waals surface area contributed by atoms with E-state index in [4.69, 9.17) is 0 Å². The van der Waals surface area contributed by atoms with Gasteiger partial charge in [0.15, 0.2) is 0 Å². The Morgan fingerprint density at radius 1 is 0.652 bits per heavy atom. The Bertz CT molecular complexity index is 733. The molecule has 0 aliphatic heterocycles. The summed E-state index contributed by atoms with van der Waals surface area (Å²) in [7, 11) is -2.67. The molecule has 0 bridgehead atoms. The van der Waals surface area contributed by atoms with Gasteiger partial charge in [-0.3, -0.25) is 0 Å². The standard InChI is InChI=1S/C10H14.C9H18.C6H14.C5H12.C4H10.C3H8.C2H6O2S.2C2H6/c1-10(2,3)9-7-5-4-6-8-9;1-8(2)9-6-4-3-5-7-9;1-5-6(2,3)4;1-5(2,3)4;1-4(2)3;1-3-2;1-5(2,3)4;2*1-2/h4-8H,1-3H3;8-9H,3-7H2,1-2H3;5H2,1-4H3;1-4H3;4H,1-3H3;3H2,1-2H3;1-2H3;2*1-2H3. The van der Waals surface area contributed by atoms with Crippen molar-refractivity contribution >= 4 is 9.84 Å². The molecule has 0 radical (unpaired) electrons. The molecule has 0 heterocycles. The topological polar surface area (TPSA) is 34.1 Å². The monoisotopic (exact) mass is 675 g/mol. The molecule has 0 amide bonds. The number of hydrogen-bond acceptors (Lipinski definition) is 2. The van der Waals surface area contributed by atoms with Crippen LogP contribution in [-0.4, -0.2) is 20.9 Å². The molecule has 1 fully saturated rings. The first-order chi connectivity index (χ1) is 20.6. The molecule has 0 aromatic heterocycles. The predicted molar refractivity (Wildman–Crippen MR) is 221 cm³/mol. The van der Waals surface area contributed by atoms with Gasteiger partial charge in [0, 0.05) is 12.5 Å². The van der Waals surface area contributed by atoms with Gasteiger partial charge >= 0.3 is 0 Å². The highest BCUT2D eigenvalue weighted by molar-refractivity contribution is 7.89. The maximum absolute atomic E-state index is 9.63. The molecule has 2 rings (SSSR count). The third-order valence-corrected chi connectivity index (χ3v) is 5.29. The predicted octanol–water partition coefficient (Wildman–Crippen LogP) is 15.5. The summed E-state index contributed by atoms with van der Waals surface area (Å²) in [6, 6.07) is 10.6. The first kappa shape index (κ1) is 60.5. The minimum absolute atomic E-state index is 0.293. The molecule has 2 nitrogen and oxygen atoms in total. The van der Waals surface area contributed by atoms with Crippen LogP contribution in [0.15, 0.2) is 30.3 Å². The lowest BCUT2D eigenvalue weighted by Gasteiger charge is -2.24. The van der Waals surface area contributed by atoms with Crippen molar-refractivity contribution in [3.8, 4) is 0 Å². The average Bonchev–Trinajstić information content (AvgIpc) is 2.90. The van der Waals surface area contributed by atoms with Crippen molar-refractivity contribution in [2.75, 3.05) is 12.5 Å². The van der Waals surface area contributed by atoms with Crippen molar-refractivity contribution in [2.24, 2.45) is 28.6 Å². The normalized spacial score (nSPS) is 12.6. The smallest absolute Gasteiger partial charge is 0.144 e. The van der Waals surface area contributed by atoms with Gasteiger partial charge < -0.3 is 0 Å². The van der Waals surface area contributed by atoms with E-state index in [-0.39, 0.29) is 0 Å². The summed E-state index contributed by atoms with van der Waals surface area (Å²) >= 11 is 0. The van der Waals surface area contributed by atoms with Crippen LogP contribution in [0, 0.1) is 28.6 Å². The number of sulfone groups is 1. The fourth-order valence-electron chi connectivity index (χ4n) is 2.74. The summed E-state index contributed by atoms with van der Waals surface area (Å²) in [6.45, 7) is 47.8. The van der Waals surface area contributed by atoms with Crippen LogP contribution in [0.1, 0.15) is 203 Å². The van der Waals surface area contributed by atoms with Crippen LogP contribution in [0.25, 0.3) is 0 Å². The van der Waals surface area contributed by atoms with E-state index >= 15 is 0 Å². The fraction of sp³-hybridized carbons (Fsp3) is 0.860. The quantitative estimate of drug-likeness (QED) is 0.297. The molecule has 0 saturated heterocycles. The van der Waals surface area contributed by atoms with Crippen LogP contribution in [0.4, 0.5) is 0 Å². The van der Waals surface area contributed by atoms with Gasteiger partial charge in [0.25, 0.3) is 0 Å². The van der Waals surface area contributed by atoms with Crippen molar-refractivity contribution in [3.63, 3.8) is 0 Å². The average molecular weight is 675 g/mol. The maximum Gasteiger partial charge on any atom is 0.144 e. The van der Waals surface area contributed by atoms with Crippen LogP contribution in [0.5, 0.6) is 0 Å². The van der Waals surface area contributed by atoms with Gasteiger partial charge in [-0.05, 0) is 39.6 Å². The molecule has 284 valence electrons. The van der Waals surface area contributed by atoms with E-state index in [0.29, 0.717) is 16.2 Å². The van der Waals surface area contributed by atoms with Crippen molar-refractivity contribution in [3.05, 3.63) is 35.9 Å². The Morgan fingerprint density at radius 3 is 1.02 bits per heavy atom. The lowest BCUT2D eigenvalue weighted by atomic mass is 9.82. The van der Waals surface area contributed by atoms with Crippen LogP contribution in [0.3, 0.4) is 0 Å². The molecule has 3 heteroatoms. The van der Waals surface area contributed by atoms with Gasteiger partial charge in [-0.2, -0.15) is 0 Å². The fourth-order valence-corrected chi connectivity index (χ4v) is 2.74. The maximum atomic E-state index is 9.63. The Hall–Kier alpha value is -0.830. The summed E-state index contributed by atoms with van der Waals surface area (Å²) < 4.78 is 19.3. The molecular weight excluding hydrogens is 581 g/mol. The van der Waals surface area contributed by atoms with E-state index in [0.717, 1.165) is 30.3 Å². The van der Waals surface area contributed by atoms with Crippen molar-refractivity contribution in [2.45, 2.75) is 203 Å². The van der Waals surface area contributed by atoms with Crippen molar-refractivity contribution in [1.29, 1.82) is 0 Å². The minimum Gasteiger partial charge on any atom is -0.229 e. The van der Waals surface area contributed by atoms with E-state index in [9.17, 15) is 8.42 Å². The molecule has 1 aromatic rings. The van der Waals surface area contributed by atoms with Crippen molar-refractivity contribution in [1.82, 2.24) is 0 Å². The molecule has 46 heavy (non-hydrogen) atoms. The largest absolute Gasteiger partial charge is 0.229 e. The Labute approximate surface area is 297 Å². The molecule has 1 aromatic carbocycles. The van der Waals surface area contributed by atoms with Crippen LogP contribution in [-0.2, 0) is 15.3 Å². The summed E-state index contributed by atoms with van der Waals surface area (Å²) in [5, 5.41) is 0. The zero-order valence-electron chi connectivity index (χ0n) is 36.8. The van der Waals surface area contributed by atoms with Gasteiger partial charge in [0.1, 0.15) is 9.84 Å². The second kappa shape index (κ2) is 37.0. The Morgan fingerprint density at radius 2 is 0.891 bits per heavy atom. The number of rotatable bonds is 1. The van der Waals surface area contributed by atoms with E-state index in [2.05, 4.69) is 155 Å². The third kappa shape index (κ3) is 96.7. The molecule has 1 aliphatic carbocycles. The Kier molecular flexibility index (Phi) is 48.6. The molecule has 1 saturated carbocycles. The highest BCUT2D eigenvalue weighted by Gasteiger charge is 2.15. The van der Waals surface area contributed by atoms with Crippen LogP contribution in [0.2, 0.25) is 0 Å². The summed E-state index contributed by atoms with van der Waals surface area (Å²) in [6.07, 6.45) is 12.3. The van der Waals surface area contributed by atoms with E-state index < -0.39 is 9.84 Å². The van der Waals surface area contributed by atoms with Crippen molar-refractivity contribution < 1.29 is 8.42 Å². The first-order valence-electron chi connectivity index (χ1n) is 18.8. The molecular formula is C43H94O2S. The SMILES string of the molecule is CC.CC.CC(C)(C)C.CC(C)(C)c1ccccc1.CC(C)C.CC(C)C1CCCCC1.CCC.CCC(C)(C)C.CS(C)(=O)=O. The third-order valence-electron chi connectivity index (χ3n) is 5.29. The highest BCUT2D eigenvalue weighted by atomic mass is 32.2. The van der Waals surface area contributed by atoms with Gasteiger partial charge in [-0.1, -0.05) is 228 Å². The lowest BCUT2D eigenvalue weighted by molar-refractivity contribution is 0.279. The molecule has 0 spiro atoms. The van der Waals surface area contributed by atoms with Gasteiger partial charge in [-0.15, -0.1) is 0 Å². The van der Waals surface area contributed by atoms with Crippen LogP contribution < -0.4 is 0 Å². The zero-order valence-corrected chi connectivity index (χ0v) is 37.6. The molecule has 0 N–H and O–H groups in total. The molecule has 0 atom stereocenters. The lowest BCUT2D eigenvalue weighted by Crippen LogP contribution is -2.12. The van der Waals surface area contributed by atoms with E-state index in [1.807, 2.05) is 27.7 Å². The van der Waals surface area contributed by atoms with E-state index in [1.165, 1.54) is 50.5 Å². The molecule has 0 unspecified atom stereocenters. The minimum atomic E-state index is -2.67. The summed E-state index contributed by atoms with van der Waals surface area (Å²) in [4.78, 5) is 0. The van der Waals surface area contributed by atoms with Gasteiger partial charge in [-0.25, -0.2) is 8.42 Å². The van der Waals surface area contributed by atoms with E-state index in [1.54, 1.807) is 0 Å². The Balaban J connectivity index is -0.0000000784. The summed E-state index contributed by atoms with van der Waals surface area (Å²) in [5.41, 5.74) is 2.73. The summed E-state index contributed by atoms with van der Waals surface area (Å²) in [5.74, 6) is 2.82. The number of hydrogen-bond donors (Lipinski definition) is 0. The first-order valence-corrected chi connectivity index (χ1v) is 21.1. The number of benzene rings is 1. The van der Waals surface area contributed by atoms with Gasteiger partial charge in [0.05, 0.1) is 0 Å². The molecule has 1 aliphatic rings.